The van der Waals surface area contributed by atoms with Gasteiger partial charge in [0.25, 0.3) is 5.69 Å². The lowest BCUT2D eigenvalue weighted by Gasteiger charge is -2.33. The van der Waals surface area contributed by atoms with E-state index in [0.29, 0.717) is 12.1 Å². The maximum absolute atomic E-state index is 11.0. The van der Waals surface area contributed by atoms with Crippen LogP contribution in [-0.2, 0) is 6.54 Å². The van der Waals surface area contributed by atoms with Crippen LogP contribution in [0.25, 0.3) is 0 Å². The molecule has 0 unspecified atom stereocenters. The average Bonchev–Trinajstić information content (AvgIpc) is 2.41. The molecule has 2 N–H and O–H groups in total. The van der Waals surface area contributed by atoms with E-state index >= 15 is 0 Å². The molecule has 0 atom stereocenters. The highest BCUT2D eigenvalue weighted by molar-refractivity contribution is 5.44. The molecule has 1 aromatic rings. The molecule has 0 amide bonds. The first-order valence-corrected chi connectivity index (χ1v) is 7.17. The molecule has 2 rings (SSSR count). The molecule has 1 aliphatic carbocycles. The summed E-state index contributed by atoms with van der Waals surface area (Å²) in [5.41, 5.74) is 7.96. The Labute approximate surface area is 119 Å². The van der Waals surface area contributed by atoms with Gasteiger partial charge in [-0.15, -0.1) is 0 Å². The van der Waals surface area contributed by atoms with Crippen LogP contribution >= 0.6 is 0 Å². The molecule has 5 heteroatoms. The number of nitrogens with zero attached hydrogens (tertiary/aromatic N) is 2. The summed E-state index contributed by atoms with van der Waals surface area (Å²) in [6.45, 7) is 2.59. The van der Waals surface area contributed by atoms with Gasteiger partial charge in [0, 0.05) is 30.3 Å². The molecule has 5 nitrogen and oxygen atoms in total. The molecule has 20 heavy (non-hydrogen) atoms. The van der Waals surface area contributed by atoms with E-state index in [1.54, 1.807) is 12.1 Å². The van der Waals surface area contributed by atoms with Crippen molar-refractivity contribution in [3.05, 3.63) is 39.4 Å². The van der Waals surface area contributed by atoms with Crippen molar-refractivity contribution < 1.29 is 4.92 Å². The number of benzene rings is 1. The van der Waals surface area contributed by atoms with Gasteiger partial charge in [-0.05, 0) is 45.2 Å². The Hall–Kier alpha value is -1.46. The number of hydrogen-bond acceptors (Lipinski definition) is 4. The number of rotatable bonds is 4. The monoisotopic (exact) mass is 277 g/mol. The second-order valence-electron chi connectivity index (χ2n) is 5.80. The summed E-state index contributed by atoms with van der Waals surface area (Å²) in [5, 5.41) is 11.0. The van der Waals surface area contributed by atoms with Crippen molar-refractivity contribution in [1.29, 1.82) is 0 Å². The molecule has 1 saturated carbocycles. The van der Waals surface area contributed by atoms with E-state index in [0.717, 1.165) is 43.4 Å². The van der Waals surface area contributed by atoms with E-state index in [1.807, 2.05) is 13.0 Å². The van der Waals surface area contributed by atoms with Gasteiger partial charge in [-0.1, -0.05) is 12.1 Å². The number of hydrogen-bond donors (Lipinski definition) is 1. The number of nitrogens with two attached hydrogens (primary N) is 1. The molecule has 0 spiro atoms. The van der Waals surface area contributed by atoms with Gasteiger partial charge in [0.2, 0.25) is 0 Å². The van der Waals surface area contributed by atoms with Crippen LogP contribution in [0.15, 0.2) is 18.2 Å². The Kier molecular flexibility index (Phi) is 4.73. The average molecular weight is 277 g/mol. The zero-order valence-corrected chi connectivity index (χ0v) is 12.2. The van der Waals surface area contributed by atoms with E-state index in [1.165, 1.54) is 0 Å². The third-order valence-electron chi connectivity index (χ3n) is 4.40. The van der Waals surface area contributed by atoms with Gasteiger partial charge in [0.1, 0.15) is 0 Å². The minimum absolute atomic E-state index is 0.210. The first-order chi connectivity index (χ1) is 9.49. The molecule has 1 fully saturated rings. The molecule has 1 aliphatic rings. The van der Waals surface area contributed by atoms with Crippen molar-refractivity contribution in [3.63, 3.8) is 0 Å². The largest absolute Gasteiger partial charge is 0.328 e. The zero-order valence-electron chi connectivity index (χ0n) is 12.2. The minimum atomic E-state index is -0.307. The van der Waals surface area contributed by atoms with E-state index in [9.17, 15) is 10.1 Å². The van der Waals surface area contributed by atoms with Crippen LogP contribution in [0.1, 0.15) is 36.8 Å². The summed E-state index contributed by atoms with van der Waals surface area (Å²) in [7, 11) is 2.10. The number of nitro groups is 1. The Morgan fingerprint density at radius 2 is 2.00 bits per heavy atom. The van der Waals surface area contributed by atoms with Gasteiger partial charge in [0.05, 0.1) is 4.92 Å². The van der Waals surface area contributed by atoms with Crippen LogP contribution in [0.5, 0.6) is 0 Å². The van der Waals surface area contributed by atoms with Gasteiger partial charge in [0.15, 0.2) is 0 Å². The van der Waals surface area contributed by atoms with Crippen molar-refractivity contribution in [2.45, 2.75) is 51.2 Å². The SMILES string of the molecule is Cc1c(CN(C)C2CCC(N)CC2)cccc1[N+](=O)[O-]. The van der Waals surface area contributed by atoms with E-state index in [2.05, 4.69) is 11.9 Å². The van der Waals surface area contributed by atoms with Crippen LogP contribution in [0, 0.1) is 17.0 Å². The minimum Gasteiger partial charge on any atom is -0.328 e. The summed E-state index contributed by atoms with van der Waals surface area (Å²) in [6, 6.07) is 6.20. The quantitative estimate of drug-likeness (QED) is 0.678. The van der Waals surface area contributed by atoms with Gasteiger partial charge in [-0.3, -0.25) is 15.0 Å². The first kappa shape index (κ1) is 14.9. The highest BCUT2D eigenvalue weighted by Gasteiger charge is 2.23. The second kappa shape index (κ2) is 6.33. The predicted molar refractivity (Wildman–Crippen MR) is 79.5 cm³/mol. The smallest absolute Gasteiger partial charge is 0.272 e. The van der Waals surface area contributed by atoms with Crippen LogP contribution < -0.4 is 5.73 Å². The Bertz CT molecular complexity index is 482. The van der Waals surface area contributed by atoms with Gasteiger partial charge < -0.3 is 5.73 Å². The molecule has 0 aliphatic heterocycles. The molecule has 0 radical (unpaired) electrons. The molecule has 1 aromatic carbocycles. The Balaban J connectivity index is 2.06. The van der Waals surface area contributed by atoms with Crippen LogP contribution in [-0.4, -0.2) is 29.0 Å². The summed E-state index contributed by atoms with van der Waals surface area (Å²) in [5.74, 6) is 0. The molecule has 0 heterocycles. The molecule has 0 saturated heterocycles. The van der Waals surface area contributed by atoms with Crippen molar-refractivity contribution in [2.24, 2.45) is 5.73 Å². The molecule has 0 bridgehead atoms. The maximum Gasteiger partial charge on any atom is 0.272 e. The number of nitro benzene ring substituents is 1. The van der Waals surface area contributed by atoms with E-state index in [4.69, 9.17) is 5.73 Å². The Morgan fingerprint density at radius 1 is 1.35 bits per heavy atom. The summed E-state index contributed by atoms with van der Waals surface area (Å²) < 4.78 is 0. The highest BCUT2D eigenvalue weighted by Crippen LogP contribution is 2.26. The van der Waals surface area contributed by atoms with Crippen LogP contribution in [0.2, 0.25) is 0 Å². The van der Waals surface area contributed by atoms with Crippen LogP contribution in [0.3, 0.4) is 0 Å². The van der Waals surface area contributed by atoms with E-state index < -0.39 is 0 Å². The standard InChI is InChI=1S/C15H23N3O2/c1-11-12(4-3-5-15(11)18(19)20)10-17(2)14-8-6-13(16)7-9-14/h3-5,13-14H,6-10,16H2,1-2H3. The lowest BCUT2D eigenvalue weighted by molar-refractivity contribution is -0.385. The lowest BCUT2D eigenvalue weighted by atomic mass is 9.90. The topological polar surface area (TPSA) is 72.4 Å². The maximum atomic E-state index is 11.0. The highest BCUT2D eigenvalue weighted by atomic mass is 16.6. The van der Waals surface area contributed by atoms with Gasteiger partial charge >= 0.3 is 0 Å². The summed E-state index contributed by atoms with van der Waals surface area (Å²) >= 11 is 0. The molecular formula is C15H23N3O2. The fourth-order valence-corrected chi connectivity index (χ4v) is 2.98. The fourth-order valence-electron chi connectivity index (χ4n) is 2.98. The van der Waals surface area contributed by atoms with Crippen molar-refractivity contribution in [3.8, 4) is 0 Å². The predicted octanol–water partition coefficient (Wildman–Crippen LogP) is 2.60. The van der Waals surface area contributed by atoms with Crippen molar-refractivity contribution in [1.82, 2.24) is 4.90 Å². The zero-order chi connectivity index (χ0) is 14.7. The second-order valence-corrected chi connectivity index (χ2v) is 5.80. The van der Waals surface area contributed by atoms with Crippen molar-refractivity contribution >= 4 is 5.69 Å². The van der Waals surface area contributed by atoms with Gasteiger partial charge in [-0.25, -0.2) is 0 Å². The molecular weight excluding hydrogens is 254 g/mol. The summed E-state index contributed by atoms with van der Waals surface area (Å²) in [4.78, 5) is 13.0. The Morgan fingerprint density at radius 3 is 2.60 bits per heavy atom. The van der Waals surface area contributed by atoms with E-state index in [-0.39, 0.29) is 10.6 Å². The third kappa shape index (κ3) is 3.35. The molecule has 110 valence electrons. The fraction of sp³-hybridized carbons (Fsp3) is 0.600. The first-order valence-electron chi connectivity index (χ1n) is 7.17. The normalized spacial score (nSPS) is 23.0. The van der Waals surface area contributed by atoms with Crippen molar-refractivity contribution in [2.75, 3.05) is 7.05 Å². The van der Waals surface area contributed by atoms with Gasteiger partial charge in [-0.2, -0.15) is 0 Å². The van der Waals surface area contributed by atoms with Crippen LogP contribution in [0.4, 0.5) is 5.69 Å². The summed E-state index contributed by atoms with van der Waals surface area (Å²) in [6.07, 6.45) is 4.38. The third-order valence-corrected chi connectivity index (χ3v) is 4.40. The molecule has 0 aromatic heterocycles. The lowest BCUT2D eigenvalue weighted by Crippen LogP contribution is -2.38.